The molecule has 1 aromatic heterocycles. The quantitative estimate of drug-likeness (QED) is 0.891. The average molecular weight is 370 g/mol. The van der Waals surface area contributed by atoms with Gasteiger partial charge >= 0.3 is 0 Å². The van der Waals surface area contributed by atoms with Crippen LogP contribution < -0.4 is 10.6 Å². The number of benzene rings is 1. The lowest BCUT2D eigenvalue weighted by Crippen LogP contribution is -2.28. The molecule has 2 N–H and O–H groups in total. The van der Waals surface area contributed by atoms with Gasteiger partial charge in [0.25, 0.3) is 5.91 Å². The molecule has 1 aliphatic carbocycles. The molecule has 2 heterocycles. The van der Waals surface area contributed by atoms with Crippen molar-refractivity contribution in [1.29, 1.82) is 0 Å². The fourth-order valence-corrected chi connectivity index (χ4v) is 4.53. The zero-order chi connectivity index (χ0) is 18.4. The summed E-state index contributed by atoms with van der Waals surface area (Å²) < 4.78 is 0. The molecule has 1 aliphatic heterocycles. The SMILES string of the molecule is CCC1c2cc(Cl)ccc2C(=O)N1c1cncc2c1CCC2CC(N)=O. The van der Waals surface area contributed by atoms with Crippen LogP contribution in [0.25, 0.3) is 0 Å². The van der Waals surface area contributed by atoms with Gasteiger partial charge in [0.05, 0.1) is 17.9 Å². The van der Waals surface area contributed by atoms with Gasteiger partial charge in [-0.1, -0.05) is 18.5 Å². The van der Waals surface area contributed by atoms with Crippen molar-refractivity contribution in [1.82, 2.24) is 4.98 Å². The smallest absolute Gasteiger partial charge is 0.259 e. The molecule has 6 heteroatoms. The van der Waals surface area contributed by atoms with Crippen molar-refractivity contribution in [2.75, 3.05) is 4.90 Å². The van der Waals surface area contributed by atoms with E-state index >= 15 is 0 Å². The summed E-state index contributed by atoms with van der Waals surface area (Å²) in [7, 11) is 0. The largest absolute Gasteiger partial charge is 0.370 e. The van der Waals surface area contributed by atoms with E-state index in [1.807, 2.05) is 17.2 Å². The van der Waals surface area contributed by atoms with Crippen molar-refractivity contribution in [3.63, 3.8) is 0 Å². The first-order chi connectivity index (χ1) is 12.5. The second-order valence-corrected chi connectivity index (χ2v) is 7.40. The topological polar surface area (TPSA) is 76.3 Å². The number of anilines is 1. The molecule has 26 heavy (non-hydrogen) atoms. The van der Waals surface area contributed by atoms with E-state index < -0.39 is 0 Å². The Labute approximate surface area is 157 Å². The van der Waals surface area contributed by atoms with Gasteiger partial charge in [0.2, 0.25) is 5.91 Å². The van der Waals surface area contributed by atoms with E-state index in [1.165, 1.54) is 0 Å². The molecule has 0 radical (unpaired) electrons. The highest BCUT2D eigenvalue weighted by atomic mass is 35.5. The fourth-order valence-electron chi connectivity index (χ4n) is 4.35. The predicted octanol–water partition coefficient (Wildman–Crippen LogP) is 3.75. The van der Waals surface area contributed by atoms with Gasteiger partial charge in [0, 0.05) is 23.2 Å². The zero-order valence-corrected chi connectivity index (χ0v) is 15.3. The van der Waals surface area contributed by atoms with Crippen molar-refractivity contribution in [3.8, 4) is 0 Å². The molecule has 2 amide bonds. The first kappa shape index (κ1) is 17.0. The maximum absolute atomic E-state index is 13.1. The van der Waals surface area contributed by atoms with Gasteiger partial charge in [-0.15, -0.1) is 0 Å². The molecule has 0 fully saturated rings. The van der Waals surface area contributed by atoms with Crippen molar-refractivity contribution < 1.29 is 9.59 Å². The number of rotatable bonds is 4. The highest BCUT2D eigenvalue weighted by molar-refractivity contribution is 6.31. The lowest BCUT2D eigenvalue weighted by atomic mass is 9.98. The summed E-state index contributed by atoms with van der Waals surface area (Å²) in [6, 6.07) is 5.38. The molecule has 1 aromatic carbocycles. The Morgan fingerprint density at radius 2 is 2.15 bits per heavy atom. The van der Waals surface area contributed by atoms with Gasteiger partial charge in [0.15, 0.2) is 0 Å². The van der Waals surface area contributed by atoms with Crippen LogP contribution in [-0.4, -0.2) is 16.8 Å². The number of aromatic nitrogens is 1. The highest BCUT2D eigenvalue weighted by Gasteiger charge is 2.39. The van der Waals surface area contributed by atoms with E-state index in [0.717, 1.165) is 41.6 Å². The molecule has 2 unspecified atom stereocenters. The van der Waals surface area contributed by atoms with Gasteiger partial charge in [-0.2, -0.15) is 0 Å². The molecule has 2 aromatic rings. The van der Waals surface area contributed by atoms with Crippen LogP contribution in [0.3, 0.4) is 0 Å². The number of hydrogen-bond donors (Lipinski definition) is 1. The Balaban J connectivity index is 1.79. The Morgan fingerprint density at radius 3 is 2.88 bits per heavy atom. The lowest BCUT2D eigenvalue weighted by molar-refractivity contribution is -0.118. The van der Waals surface area contributed by atoms with E-state index in [9.17, 15) is 9.59 Å². The van der Waals surface area contributed by atoms with Gasteiger partial charge < -0.3 is 5.73 Å². The van der Waals surface area contributed by atoms with Crippen LogP contribution in [0.2, 0.25) is 5.02 Å². The number of primary amides is 1. The van der Waals surface area contributed by atoms with Crippen molar-refractivity contribution in [3.05, 3.63) is 57.9 Å². The zero-order valence-electron chi connectivity index (χ0n) is 14.5. The Bertz CT molecular complexity index is 912. The summed E-state index contributed by atoms with van der Waals surface area (Å²) >= 11 is 6.16. The molecule has 2 atom stereocenters. The molecule has 0 bridgehead atoms. The molecule has 2 aliphatic rings. The third kappa shape index (κ3) is 2.58. The van der Waals surface area contributed by atoms with Crippen LogP contribution in [0.15, 0.2) is 30.6 Å². The summed E-state index contributed by atoms with van der Waals surface area (Å²) in [6.07, 6.45) is 6.36. The van der Waals surface area contributed by atoms with Crippen molar-refractivity contribution in [2.45, 2.75) is 44.6 Å². The predicted molar refractivity (Wildman–Crippen MR) is 100 cm³/mol. The molecule has 134 valence electrons. The van der Waals surface area contributed by atoms with Gasteiger partial charge in [-0.3, -0.25) is 19.5 Å². The monoisotopic (exact) mass is 369 g/mol. The minimum atomic E-state index is -0.306. The number of carbonyl (C=O) groups is 2. The van der Waals surface area contributed by atoms with E-state index in [-0.39, 0.29) is 23.8 Å². The molecule has 0 spiro atoms. The summed E-state index contributed by atoms with van der Waals surface area (Å²) in [5.74, 6) is -0.236. The second kappa shape index (κ2) is 6.40. The number of pyridine rings is 1. The van der Waals surface area contributed by atoms with Crippen molar-refractivity contribution >= 4 is 29.1 Å². The first-order valence-electron chi connectivity index (χ1n) is 8.89. The number of nitrogens with zero attached hydrogens (tertiary/aromatic N) is 2. The molecule has 4 rings (SSSR count). The minimum absolute atomic E-state index is 0.0166. The second-order valence-electron chi connectivity index (χ2n) is 6.96. The summed E-state index contributed by atoms with van der Waals surface area (Å²) in [5, 5.41) is 0.634. The van der Waals surface area contributed by atoms with Gasteiger partial charge in [-0.25, -0.2) is 0 Å². The maximum Gasteiger partial charge on any atom is 0.259 e. The van der Waals surface area contributed by atoms with Crippen molar-refractivity contribution in [2.24, 2.45) is 5.73 Å². The summed E-state index contributed by atoms with van der Waals surface area (Å²) in [4.78, 5) is 30.7. The number of amides is 2. The molecular formula is C20H20ClN3O2. The van der Waals surface area contributed by atoms with E-state index in [0.29, 0.717) is 17.0 Å². The van der Waals surface area contributed by atoms with E-state index in [1.54, 1.807) is 18.3 Å². The number of hydrogen-bond acceptors (Lipinski definition) is 3. The third-order valence-corrected chi connectivity index (χ3v) is 5.71. The number of carbonyl (C=O) groups excluding carboxylic acids is 2. The fraction of sp³-hybridized carbons (Fsp3) is 0.350. The molecule has 0 saturated heterocycles. The third-order valence-electron chi connectivity index (χ3n) is 5.48. The van der Waals surface area contributed by atoms with Crippen LogP contribution in [0.5, 0.6) is 0 Å². The Morgan fingerprint density at radius 1 is 1.35 bits per heavy atom. The van der Waals surface area contributed by atoms with E-state index in [2.05, 4.69) is 11.9 Å². The van der Waals surface area contributed by atoms with Crippen LogP contribution in [0.4, 0.5) is 5.69 Å². The summed E-state index contributed by atoms with van der Waals surface area (Å²) in [5.41, 5.74) is 10.1. The van der Waals surface area contributed by atoms with Crippen LogP contribution in [0, 0.1) is 0 Å². The van der Waals surface area contributed by atoms with Gasteiger partial charge in [-0.05, 0) is 60.1 Å². The first-order valence-corrected chi connectivity index (χ1v) is 9.27. The molecule has 5 nitrogen and oxygen atoms in total. The van der Waals surface area contributed by atoms with Crippen LogP contribution in [0.1, 0.15) is 65.2 Å². The van der Waals surface area contributed by atoms with Crippen LogP contribution >= 0.6 is 11.6 Å². The maximum atomic E-state index is 13.1. The minimum Gasteiger partial charge on any atom is -0.370 e. The van der Waals surface area contributed by atoms with E-state index in [4.69, 9.17) is 17.3 Å². The number of nitrogens with two attached hydrogens (primary N) is 1. The Hall–Kier alpha value is -2.40. The van der Waals surface area contributed by atoms with Gasteiger partial charge in [0.1, 0.15) is 0 Å². The summed E-state index contributed by atoms with van der Waals surface area (Å²) in [6.45, 7) is 2.06. The highest BCUT2D eigenvalue weighted by Crippen LogP contribution is 2.45. The average Bonchev–Trinajstić information content (AvgIpc) is 3.13. The number of halogens is 1. The molecular weight excluding hydrogens is 350 g/mol. The normalized spacial score (nSPS) is 21.0. The Kier molecular flexibility index (Phi) is 4.19. The van der Waals surface area contributed by atoms with Crippen LogP contribution in [-0.2, 0) is 11.2 Å². The number of fused-ring (bicyclic) bond motifs is 2. The standard InChI is InChI=1S/C20H20ClN3O2/c1-2-17-15-8-12(21)4-6-14(15)20(26)24(17)18-10-23-9-16-11(7-19(22)25)3-5-13(16)18/h4,6,8-11,17H,2-3,5,7H2,1H3,(H2,22,25). The molecule has 0 saturated carbocycles. The lowest BCUT2D eigenvalue weighted by Gasteiger charge is -2.26.